The van der Waals surface area contributed by atoms with Crippen molar-refractivity contribution in [3.63, 3.8) is 0 Å². The molecule has 0 aliphatic carbocycles. The lowest BCUT2D eigenvalue weighted by molar-refractivity contribution is 0.0827. The van der Waals surface area contributed by atoms with Gasteiger partial charge in [-0.2, -0.15) is 0 Å². The quantitative estimate of drug-likeness (QED) is 0.647. The highest BCUT2D eigenvalue weighted by Crippen LogP contribution is 2.33. The molecule has 0 radical (unpaired) electrons. The number of hydrogen-bond acceptors (Lipinski definition) is 5. The van der Waals surface area contributed by atoms with Crippen LogP contribution in [0.4, 0.5) is 0 Å². The Kier molecular flexibility index (Phi) is 5.48. The second kappa shape index (κ2) is 8.37. The van der Waals surface area contributed by atoms with Gasteiger partial charge >= 0.3 is 0 Å². The zero-order valence-electron chi connectivity index (χ0n) is 16.9. The molecule has 30 heavy (non-hydrogen) atoms. The van der Waals surface area contributed by atoms with Gasteiger partial charge in [0.15, 0.2) is 5.78 Å². The largest absolute Gasteiger partial charge is 0.492 e. The minimum Gasteiger partial charge on any atom is -0.492 e. The van der Waals surface area contributed by atoms with Gasteiger partial charge in [0.05, 0.1) is 12.2 Å². The van der Waals surface area contributed by atoms with Crippen LogP contribution in [0, 0.1) is 0 Å². The van der Waals surface area contributed by atoms with E-state index in [2.05, 4.69) is 4.98 Å². The average molecular weight is 402 g/mol. The number of ether oxygens (including phenoxy) is 2. The van der Waals surface area contributed by atoms with Gasteiger partial charge in [0.2, 0.25) is 0 Å². The van der Waals surface area contributed by atoms with Gasteiger partial charge in [0, 0.05) is 44.5 Å². The number of carbonyl (C=O) groups excluding carboxylic acids is 2. The number of amides is 1. The van der Waals surface area contributed by atoms with Gasteiger partial charge in [-0.1, -0.05) is 12.1 Å². The lowest BCUT2D eigenvalue weighted by Gasteiger charge is -2.22. The van der Waals surface area contributed by atoms with Gasteiger partial charge in [-0.05, 0) is 47.5 Å². The van der Waals surface area contributed by atoms with Crippen molar-refractivity contribution < 1.29 is 19.1 Å². The molecule has 1 amide bonds. The number of aromatic nitrogens is 1. The highest BCUT2D eigenvalue weighted by atomic mass is 16.5. The van der Waals surface area contributed by atoms with E-state index in [0.29, 0.717) is 35.7 Å². The van der Waals surface area contributed by atoms with Crippen LogP contribution >= 0.6 is 0 Å². The first-order valence-electron chi connectivity index (χ1n) is 9.71. The summed E-state index contributed by atoms with van der Waals surface area (Å²) in [6.07, 6.45) is 3.41. The molecule has 1 aromatic heterocycles. The smallest absolute Gasteiger partial charge is 0.253 e. The van der Waals surface area contributed by atoms with Crippen LogP contribution in [0.2, 0.25) is 0 Å². The highest BCUT2D eigenvalue weighted by Gasteiger charge is 2.21. The minimum absolute atomic E-state index is 0.0561. The second-order valence-corrected chi connectivity index (χ2v) is 7.28. The summed E-state index contributed by atoms with van der Waals surface area (Å²) in [5.41, 5.74) is 3.01. The zero-order chi connectivity index (χ0) is 21.1. The van der Waals surface area contributed by atoms with Gasteiger partial charge in [-0.15, -0.1) is 0 Å². The molecule has 1 atom stereocenters. The fraction of sp³-hybridized carbons (Fsp3) is 0.208. The van der Waals surface area contributed by atoms with Crippen molar-refractivity contribution >= 4 is 11.7 Å². The van der Waals surface area contributed by atoms with E-state index in [1.165, 1.54) is 0 Å². The summed E-state index contributed by atoms with van der Waals surface area (Å²) in [6, 6.07) is 16.4. The van der Waals surface area contributed by atoms with Crippen LogP contribution in [-0.2, 0) is 0 Å². The van der Waals surface area contributed by atoms with Crippen molar-refractivity contribution in [1.82, 2.24) is 9.88 Å². The highest BCUT2D eigenvalue weighted by molar-refractivity contribution is 5.99. The molecule has 1 aliphatic rings. The van der Waals surface area contributed by atoms with Crippen LogP contribution in [0.5, 0.6) is 11.5 Å². The molecule has 2 aromatic carbocycles. The fourth-order valence-corrected chi connectivity index (χ4v) is 3.38. The molecule has 0 spiro atoms. The van der Waals surface area contributed by atoms with E-state index in [0.717, 1.165) is 11.1 Å². The van der Waals surface area contributed by atoms with Crippen LogP contribution in [0.25, 0.3) is 0 Å². The summed E-state index contributed by atoms with van der Waals surface area (Å²) in [6.45, 7) is 0.379. The van der Waals surface area contributed by atoms with Crippen LogP contribution < -0.4 is 9.47 Å². The van der Waals surface area contributed by atoms with E-state index >= 15 is 0 Å². The molecule has 6 heteroatoms. The third-order valence-electron chi connectivity index (χ3n) is 4.97. The number of ketones is 1. The lowest BCUT2D eigenvalue weighted by Crippen LogP contribution is -2.21. The third-order valence-corrected chi connectivity index (χ3v) is 4.97. The van der Waals surface area contributed by atoms with Crippen molar-refractivity contribution in [1.29, 1.82) is 0 Å². The van der Waals surface area contributed by atoms with Gasteiger partial charge in [-0.25, -0.2) is 0 Å². The van der Waals surface area contributed by atoms with Crippen LogP contribution in [0.1, 0.15) is 44.4 Å². The lowest BCUT2D eigenvalue weighted by atomic mass is 10.0. The summed E-state index contributed by atoms with van der Waals surface area (Å²) in [5, 5.41) is 0. The number of rotatable bonds is 5. The number of benzene rings is 2. The fourth-order valence-electron chi connectivity index (χ4n) is 3.38. The molecule has 0 saturated carbocycles. The molecular formula is C24H22N2O4. The second-order valence-electron chi connectivity index (χ2n) is 7.28. The summed E-state index contributed by atoms with van der Waals surface area (Å²) in [4.78, 5) is 29.9. The summed E-state index contributed by atoms with van der Waals surface area (Å²) in [5.74, 6) is 1.16. The van der Waals surface area contributed by atoms with E-state index in [9.17, 15) is 9.59 Å². The number of pyridine rings is 1. The van der Waals surface area contributed by atoms with Crippen LogP contribution in [-0.4, -0.2) is 42.3 Å². The molecule has 3 aromatic rings. The Morgan fingerprint density at radius 1 is 1.03 bits per heavy atom. The molecule has 6 nitrogen and oxygen atoms in total. The summed E-state index contributed by atoms with van der Waals surface area (Å²) in [7, 11) is 3.45. The maximum atomic E-state index is 12.2. The van der Waals surface area contributed by atoms with Gasteiger partial charge in [0.25, 0.3) is 5.91 Å². The molecule has 152 valence electrons. The van der Waals surface area contributed by atoms with Crippen molar-refractivity contribution in [2.24, 2.45) is 0 Å². The van der Waals surface area contributed by atoms with Crippen molar-refractivity contribution in [2.45, 2.75) is 12.5 Å². The molecular weight excluding hydrogens is 380 g/mol. The molecule has 1 aliphatic heterocycles. The maximum absolute atomic E-state index is 12.2. The number of fused-ring (bicyclic) bond motifs is 1. The Morgan fingerprint density at radius 3 is 2.43 bits per heavy atom. The van der Waals surface area contributed by atoms with E-state index in [1.807, 2.05) is 24.3 Å². The molecule has 0 fully saturated rings. The first-order valence-corrected chi connectivity index (χ1v) is 9.71. The number of hydrogen-bond donors (Lipinski definition) is 0. The third kappa shape index (κ3) is 4.03. The molecule has 0 saturated heterocycles. The van der Waals surface area contributed by atoms with E-state index in [4.69, 9.17) is 9.47 Å². The molecule has 4 rings (SSSR count). The van der Waals surface area contributed by atoms with Gasteiger partial charge in [-0.3, -0.25) is 14.6 Å². The van der Waals surface area contributed by atoms with E-state index in [-0.39, 0.29) is 11.7 Å². The Hall–Kier alpha value is -3.67. The van der Waals surface area contributed by atoms with Crippen LogP contribution in [0.15, 0.2) is 67.0 Å². The average Bonchev–Trinajstić information content (AvgIpc) is 2.78. The Bertz CT molecular complexity index is 1060. The van der Waals surface area contributed by atoms with E-state index < -0.39 is 6.10 Å². The van der Waals surface area contributed by atoms with Gasteiger partial charge in [0.1, 0.15) is 17.6 Å². The predicted molar refractivity (Wildman–Crippen MR) is 112 cm³/mol. The Morgan fingerprint density at radius 2 is 1.73 bits per heavy atom. The number of Topliss-reactive ketones (excluding diaryl/α,β-unsaturated/α-hetero) is 1. The first kappa shape index (κ1) is 19.6. The standard InChI is InChI=1S/C24H22N2O4/c1-26(2)24(28)18-5-3-16(4-6-18)23(17-9-12-25-13-10-17)30-19-7-8-20-21(27)11-14-29-22(20)15-19/h3-10,12-13,15,23H,11,14H2,1-2H3/t23-/m1/s1. The summed E-state index contributed by atoms with van der Waals surface area (Å²) < 4.78 is 12.0. The maximum Gasteiger partial charge on any atom is 0.253 e. The van der Waals surface area contributed by atoms with Crippen molar-refractivity contribution in [2.75, 3.05) is 20.7 Å². The molecule has 0 N–H and O–H groups in total. The number of nitrogens with zero attached hydrogens (tertiary/aromatic N) is 2. The molecule has 0 bridgehead atoms. The van der Waals surface area contributed by atoms with E-state index in [1.54, 1.807) is 61.7 Å². The first-order chi connectivity index (χ1) is 14.5. The Balaban J connectivity index is 1.66. The molecule has 0 unspecified atom stereocenters. The Labute approximate surface area is 175 Å². The summed E-state index contributed by atoms with van der Waals surface area (Å²) >= 11 is 0. The minimum atomic E-state index is -0.408. The normalized spacial score (nSPS) is 13.7. The van der Waals surface area contributed by atoms with Crippen molar-refractivity contribution in [3.05, 3.63) is 89.2 Å². The zero-order valence-corrected chi connectivity index (χ0v) is 16.9. The topological polar surface area (TPSA) is 68.7 Å². The van der Waals surface area contributed by atoms with Gasteiger partial charge < -0.3 is 14.4 Å². The number of carbonyl (C=O) groups is 2. The van der Waals surface area contributed by atoms with Crippen molar-refractivity contribution in [3.8, 4) is 11.5 Å². The molecule has 2 heterocycles. The van der Waals surface area contributed by atoms with Crippen LogP contribution in [0.3, 0.4) is 0 Å². The monoisotopic (exact) mass is 402 g/mol. The SMILES string of the molecule is CN(C)C(=O)c1ccc([C@@H](Oc2ccc3c(c2)OCCC3=O)c2ccncc2)cc1. The predicted octanol–water partition coefficient (Wildman–Crippen LogP) is 3.92.